The van der Waals surface area contributed by atoms with E-state index < -0.39 is 6.09 Å². The van der Waals surface area contributed by atoms with Gasteiger partial charge in [-0.2, -0.15) is 4.98 Å². The molecule has 2 aromatic heterocycles. The first-order chi connectivity index (χ1) is 16.5. The maximum Gasteiger partial charge on any atom is 0.417 e. The van der Waals surface area contributed by atoms with Gasteiger partial charge >= 0.3 is 6.09 Å². The molecule has 2 aromatic carbocycles. The zero-order valence-corrected chi connectivity index (χ0v) is 19.6. The van der Waals surface area contributed by atoms with Crippen LogP contribution in [0.5, 0.6) is 5.88 Å². The number of nitrogens with zero attached hydrogens (tertiary/aromatic N) is 4. The zero-order chi connectivity index (χ0) is 23.9. The Morgan fingerprint density at radius 2 is 1.94 bits per heavy atom. The average Bonchev–Trinajstić information content (AvgIpc) is 3.38. The Morgan fingerprint density at radius 1 is 1.12 bits per heavy atom. The molecule has 0 saturated carbocycles. The maximum atomic E-state index is 13.1. The van der Waals surface area contributed by atoms with Crippen LogP contribution in [0.2, 0.25) is 0 Å². The van der Waals surface area contributed by atoms with Gasteiger partial charge in [0.1, 0.15) is 6.61 Å². The second kappa shape index (κ2) is 10.8. The number of carbonyl (C=O) groups is 1. The van der Waals surface area contributed by atoms with Crippen molar-refractivity contribution in [2.75, 3.05) is 18.1 Å². The molecule has 4 rings (SSSR count). The molecule has 0 unspecified atom stereocenters. The summed E-state index contributed by atoms with van der Waals surface area (Å²) in [5, 5.41) is 0.723. The fraction of sp³-hybridized carbons (Fsp3) is 0.308. The van der Waals surface area contributed by atoms with Crippen LogP contribution in [0.3, 0.4) is 0 Å². The fourth-order valence-corrected chi connectivity index (χ4v) is 3.43. The number of ether oxygens (including phenoxy) is 2. The van der Waals surface area contributed by atoms with Crippen molar-refractivity contribution in [1.82, 2.24) is 15.0 Å². The number of rotatable bonds is 9. The molecule has 34 heavy (non-hydrogen) atoms. The predicted octanol–water partition coefficient (Wildman–Crippen LogP) is 5.87. The van der Waals surface area contributed by atoms with Crippen LogP contribution in [0.15, 0.2) is 65.5 Å². The highest BCUT2D eigenvalue weighted by Gasteiger charge is 2.23. The Balaban J connectivity index is 1.68. The third kappa shape index (κ3) is 5.51. The lowest BCUT2D eigenvalue weighted by Gasteiger charge is -2.22. The largest absolute Gasteiger partial charge is 0.477 e. The highest BCUT2D eigenvalue weighted by atomic mass is 16.6. The number of carbonyl (C=O) groups excluding carboxylic acids is 1. The minimum atomic E-state index is -0.496. The van der Waals surface area contributed by atoms with Crippen LogP contribution in [0.4, 0.5) is 10.7 Å². The molecule has 0 aliphatic heterocycles. The van der Waals surface area contributed by atoms with Crippen LogP contribution in [0.25, 0.3) is 22.2 Å². The van der Waals surface area contributed by atoms with Gasteiger partial charge in [0, 0.05) is 12.1 Å². The lowest BCUT2D eigenvalue weighted by molar-refractivity contribution is 0.146. The second-order valence-corrected chi connectivity index (χ2v) is 8.23. The summed E-state index contributed by atoms with van der Waals surface area (Å²) in [6.45, 7) is 7.11. The molecule has 0 saturated heterocycles. The third-order valence-corrected chi connectivity index (χ3v) is 5.24. The Bertz CT molecular complexity index is 1230. The summed E-state index contributed by atoms with van der Waals surface area (Å²) in [4.78, 5) is 27.9. The molecule has 0 fully saturated rings. The van der Waals surface area contributed by atoms with Crippen molar-refractivity contribution in [2.45, 2.75) is 33.8 Å². The number of aromatic nitrogens is 3. The Kier molecular flexibility index (Phi) is 7.37. The van der Waals surface area contributed by atoms with E-state index in [0.717, 1.165) is 22.9 Å². The molecule has 2 heterocycles. The van der Waals surface area contributed by atoms with Gasteiger partial charge in [0.25, 0.3) is 0 Å². The molecule has 8 heteroatoms. The summed E-state index contributed by atoms with van der Waals surface area (Å²) in [5.41, 5.74) is 2.40. The smallest absolute Gasteiger partial charge is 0.417 e. The van der Waals surface area contributed by atoms with Gasteiger partial charge < -0.3 is 13.9 Å². The Hall–Kier alpha value is -3.94. The van der Waals surface area contributed by atoms with E-state index in [9.17, 15) is 4.79 Å². The summed E-state index contributed by atoms with van der Waals surface area (Å²) in [7, 11) is 0. The topological polar surface area (TPSA) is 90.6 Å². The summed E-state index contributed by atoms with van der Waals surface area (Å²) >= 11 is 0. The SMILES string of the molecule is CCOc1nc(N(CCC(C)C)C(=O)OCc2ccccc2)nc2ccc(-c3cnco3)cc12. The van der Waals surface area contributed by atoms with E-state index in [1.54, 1.807) is 6.20 Å². The van der Waals surface area contributed by atoms with Crippen molar-refractivity contribution in [3.05, 3.63) is 66.7 Å². The van der Waals surface area contributed by atoms with Crippen LogP contribution in [0.1, 0.15) is 32.8 Å². The van der Waals surface area contributed by atoms with Crippen LogP contribution in [-0.2, 0) is 11.3 Å². The molecule has 0 aliphatic carbocycles. The first-order valence-electron chi connectivity index (χ1n) is 11.4. The monoisotopic (exact) mass is 460 g/mol. The standard InChI is InChI=1S/C26H28N4O4/c1-4-32-24-21-14-20(23-15-27-17-34-23)10-11-22(21)28-25(29-24)30(13-12-18(2)3)26(31)33-16-19-8-6-5-7-9-19/h5-11,14-15,17-18H,4,12-13,16H2,1-3H3. The average molecular weight is 461 g/mol. The van der Waals surface area contributed by atoms with Gasteiger partial charge in [-0.3, -0.25) is 0 Å². The van der Waals surface area contributed by atoms with Crippen LogP contribution < -0.4 is 9.64 Å². The molecule has 0 N–H and O–H groups in total. The second-order valence-electron chi connectivity index (χ2n) is 8.23. The molecule has 1 amide bonds. The molecule has 0 aliphatic rings. The molecule has 0 bridgehead atoms. The van der Waals surface area contributed by atoms with Gasteiger partial charge in [0.2, 0.25) is 11.8 Å². The highest BCUT2D eigenvalue weighted by Crippen LogP contribution is 2.30. The third-order valence-electron chi connectivity index (χ3n) is 5.24. The zero-order valence-electron chi connectivity index (χ0n) is 19.6. The molecule has 176 valence electrons. The molecule has 8 nitrogen and oxygen atoms in total. The minimum Gasteiger partial charge on any atom is -0.477 e. The van der Waals surface area contributed by atoms with E-state index in [0.29, 0.717) is 36.2 Å². The first kappa shape index (κ1) is 23.2. The lowest BCUT2D eigenvalue weighted by Crippen LogP contribution is -2.34. The minimum absolute atomic E-state index is 0.171. The van der Waals surface area contributed by atoms with Gasteiger partial charge in [0.05, 0.1) is 23.7 Å². The summed E-state index contributed by atoms with van der Waals surface area (Å²) < 4.78 is 16.9. The normalized spacial score (nSPS) is 11.1. The Labute approximate surface area is 198 Å². The van der Waals surface area contributed by atoms with E-state index >= 15 is 0 Å². The summed E-state index contributed by atoms with van der Waals surface area (Å²) in [6.07, 6.45) is 3.31. The molecule has 0 atom stereocenters. The van der Waals surface area contributed by atoms with E-state index in [4.69, 9.17) is 13.9 Å². The van der Waals surface area contributed by atoms with Crippen molar-refractivity contribution in [1.29, 1.82) is 0 Å². The molecule has 0 radical (unpaired) electrons. The maximum absolute atomic E-state index is 13.1. The number of benzene rings is 2. The van der Waals surface area contributed by atoms with E-state index in [2.05, 4.69) is 28.8 Å². The van der Waals surface area contributed by atoms with Gasteiger partial charge in [-0.15, -0.1) is 0 Å². The molecular weight excluding hydrogens is 432 g/mol. The van der Waals surface area contributed by atoms with Crippen LogP contribution >= 0.6 is 0 Å². The van der Waals surface area contributed by atoms with Gasteiger partial charge in [-0.25, -0.2) is 19.7 Å². The number of oxazole rings is 1. The first-order valence-corrected chi connectivity index (χ1v) is 11.4. The number of fused-ring (bicyclic) bond motifs is 1. The van der Waals surface area contributed by atoms with Crippen molar-refractivity contribution >= 4 is 22.9 Å². The molecular formula is C26H28N4O4. The Morgan fingerprint density at radius 3 is 2.65 bits per heavy atom. The van der Waals surface area contributed by atoms with Crippen molar-refractivity contribution in [3.63, 3.8) is 0 Å². The number of hydrogen-bond acceptors (Lipinski definition) is 7. The number of anilines is 1. The van der Waals surface area contributed by atoms with Crippen LogP contribution in [-0.4, -0.2) is 34.2 Å². The lowest BCUT2D eigenvalue weighted by atomic mass is 10.1. The summed E-state index contributed by atoms with van der Waals surface area (Å²) in [6, 6.07) is 15.2. The quantitative estimate of drug-likeness (QED) is 0.308. The fourth-order valence-electron chi connectivity index (χ4n) is 3.43. The van der Waals surface area contributed by atoms with Gasteiger partial charge in [0.15, 0.2) is 12.2 Å². The van der Waals surface area contributed by atoms with Gasteiger partial charge in [-0.05, 0) is 43.0 Å². The predicted molar refractivity (Wildman–Crippen MR) is 130 cm³/mol. The highest BCUT2D eigenvalue weighted by molar-refractivity contribution is 5.91. The van der Waals surface area contributed by atoms with E-state index in [1.165, 1.54) is 11.3 Å². The van der Waals surface area contributed by atoms with E-state index in [1.807, 2.05) is 55.5 Å². The molecule has 0 spiro atoms. The number of hydrogen-bond donors (Lipinski definition) is 0. The molecule has 4 aromatic rings. The van der Waals surface area contributed by atoms with E-state index in [-0.39, 0.29) is 12.6 Å². The number of amides is 1. The van der Waals surface area contributed by atoms with Crippen molar-refractivity contribution < 1.29 is 18.7 Å². The van der Waals surface area contributed by atoms with Gasteiger partial charge in [-0.1, -0.05) is 44.2 Å². The van der Waals surface area contributed by atoms with Crippen molar-refractivity contribution in [2.24, 2.45) is 5.92 Å². The summed E-state index contributed by atoms with van der Waals surface area (Å²) in [5.74, 6) is 1.67. The van der Waals surface area contributed by atoms with Crippen molar-refractivity contribution in [3.8, 4) is 17.2 Å². The van der Waals surface area contributed by atoms with Crippen LogP contribution in [0, 0.1) is 5.92 Å².